The Morgan fingerprint density at radius 3 is 2.63 bits per heavy atom. The van der Waals surface area contributed by atoms with E-state index in [0.717, 1.165) is 50.9 Å². The van der Waals surface area contributed by atoms with E-state index in [-0.39, 0.29) is 5.54 Å². The van der Waals surface area contributed by atoms with Crippen molar-refractivity contribution in [1.29, 1.82) is 0 Å². The number of aryl methyl sites for hydroxylation is 1. The first-order valence-electron chi connectivity index (χ1n) is 10.0. The number of ether oxygens (including phenoxy) is 2. The molecular weight excluding hydrogens is 376 g/mol. The maximum atomic E-state index is 6.42. The topological polar surface area (TPSA) is 56.5 Å². The second-order valence-electron chi connectivity index (χ2n) is 8.40. The lowest BCUT2D eigenvalue weighted by Crippen LogP contribution is -2.32. The third-order valence-corrected chi connectivity index (χ3v) is 5.50. The molecule has 0 saturated heterocycles. The van der Waals surface area contributed by atoms with Crippen LogP contribution in [0, 0.1) is 6.92 Å². The van der Waals surface area contributed by atoms with E-state index in [1.54, 1.807) is 7.11 Å². The van der Waals surface area contributed by atoms with Gasteiger partial charge in [0.05, 0.1) is 23.9 Å². The van der Waals surface area contributed by atoms with Gasteiger partial charge in [-0.05, 0) is 51.5 Å². The minimum atomic E-state index is -0.123. The van der Waals surface area contributed by atoms with Crippen LogP contribution in [0.2, 0.25) is 0 Å². The van der Waals surface area contributed by atoms with Crippen molar-refractivity contribution in [1.82, 2.24) is 5.16 Å². The average Bonchev–Trinajstić information content (AvgIpc) is 3.10. The minimum absolute atomic E-state index is 0.123. The van der Waals surface area contributed by atoms with E-state index in [2.05, 4.69) is 49.5 Å². The van der Waals surface area contributed by atoms with Gasteiger partial charge in [-0.2, -0.15) is 0 Å². The SMILES string of the molecule is COc1cccc2c1-c1ccc3c(c1/C(=C\c1cc(C)no1)O2)C(C)=CC(C)(C)N3. The number of benzene rings is 2. The van der Waals surface area contributed by atoms with Crippen LogP contribution in [0.5, 0.6) is 11.5 Å². The molecule has 2 aromatic carbocycles. The molecule has 5 nitrogen and oxygen atoms in total. The van der Waals surface area contributed by atoms with Crippen molar-refractivity contribution in [3.8, 4) is 22.6 Å². The summed E-state index contributed by atoms with van der Waals surface area (Å²) < 4.78 is 17.5. The zero-order valence-electron chi connectivity index (χ0n) is 17.8. The molecule has 0 unspecified atom stereocenters. The van der Waals surface area contributed by atoms with E-state index >= 15 is 0 Å². The highest BCUT2D eigenvalue weighted by Gasteiger charge is 2.32. The van der Waals surface area contributed by atoms with Gasteiger partial charge < -0.3 is 19.3 Å². The molecule has 5 heteroatoms. The number of nitrogens with one attached hydrogen (secondary N) is 1. The summed E-state index contributed by atoms with van der Waals surface area (Å²) in [5.74, 6) is 2.93. The van der Waals surface area contributed by atoms with Crippen molar-refractivity contribution in [2.45, 2.75) is 33.2 Å². The van der Waals surface area contributed by atoms with Crippen LogP contribution in [0.3, 0.4) is 0 Å². The molecule has 0 aliphatic carbocycles. The Morgan fingerprint density at radius 1 is 1.07 bits per heavy atom. The maximum Gasteiger partial charge on any atom is 0.163 e. The van der Waals surface area contributed by atoms with Gasteiger partial charge >= 0.3 is 0 Å². The Labute approximate surface area is 176 Å². The molecule has 0 saturated carbocycles. The van der Waals surface area contributed by atoms with Crippen LogP contribution in [0.1, 0.15) is 43.4 Å². The fourth-order valence-corrected chi connectivity index (χ4v) is 4.46. The van der Waals surface area contributed by atoms with Gasteiger partial charge in [0.2, 0.25) is 0 Å². The molecule has 0 fully saturated rings. The van der Waals surface area contributed by atoms with Crippen molar-refractivity contribution in [2.24, 2.45) is 0 Å². The Morgan fingerprint density at radius 2 is 1.90 bits per heavy atom. The molecule has 30 heavy (non-hydrogen) atoms. The molecule has 0 amide bonds. The number of allylic oxidation sites excluding steroid dienone is 1. The van der Waals surface area contributed by atoms with Gasteiger partial charge in [0.1, 0.15) is 17.3 Å². The van der Waals surface area contributed by atoms with Gasteiger partial charge in [-0.25, -0.2) is 0 Å². The number of nitrogens with zero attached hydrogens (tertiary/aromatic N) is 1. The van der Waals surface area contributed by atoms with Crippen molar-refractivity contribution in [2.75, 3.05) is 12.4 Å². The lowest BCUT2D eigenvalue weighted by atomic mass is 9.83. The number of methoxy groups -OCH3 is 1. The predicted octanol–water partition coefficient (Wildman–Crippen LogP) is 6.16. The van der Waals surface area contributed by atoms with Crippen LogP contribution in [0.4, 0.5) is 5.69 Å². The quantitative estimate of drug-likeness (QED) is 0.558. The first kappa shape index (κ1) is 18.6. The van der Waals surface area contributed by atoms with Gasteiger partial charge in [-0.3, -0.25) is 0 Å². The van der Waals surface area contributed by atoms with Gasteiger partial charge in [0.15, 0.2) is 5.76 Å². The first-order chi connectivity index (χ1) is 14.4. The molecule has 1 N–H and O–H groups in total. The monoisotopic (exact) mass is 400 g/mol. The van der Waals surface area contributed by atoms with E-state index in [0.29, 0.717) is 5.76 Å². The second kappa shape index (κ2) is 6.52. The molecule has 0 atom stereocenters. The minimum Gasteiger partial charge on any atom is -0.496 e. The van der Waals surface area contributed by atoms with Crippen LogP contribution >= 0.6 is 0 Å². The Kier molecular flexibility index (Phi) is 4.03. The lowest BCUT2D eigenvalue weighted by Gasteiger charge is -2.35. The van der Waals surface area contributed by atoms with E-state index in [1.807, 2.05) is 37.3 Å². The zero-order chi connectivity index (χ0) is 21.0. The van der Waals surface area contributed by atoms with Crippen LogP contribution in [0.25, 0.3) is 28.5 Å². The molecule has 2 aliphatic rings. The summed E-state index contributed by atoms with van der Waals surface area (Å²) in [5, 5.41) is 7.64. The van der Waals surface area contributed by atoms with E-state index in [4.69, 9.17) is 14.0 Å². The number of hydrogen-bond acceptors (Lipinski definition) is 5. The summed E-state index contributed by atoms with van der Waals surface area (Å²) in [5.41, 5.74) is 7.18. The summed E-state index contributed by atoms with van der Waals surface area (Å²) in [6.45, 7) is 8.39. The number of aromatic nitrogens is 1. The second-order valence-corrected chi connectivity index (χ2v) is 8.40. The molecule has 0 bridgehead atoms. The summed E-state index contributed by atoms with van der Waals surface area (Å²) in [7, 11) is 1.69. The molecule has 2 aliphatic heterocycles. The Hall–Kier alpha value is -3.47. The largest absolute Gasteiger partial charge is 0.496 e. The fourth-order valence-electron chi connectivity index (χ4n) is 4.46. The summed E-state index contributed by atoms with van der Waals surface area (Å²) in [6, 6.07) is 12.0. The van der Waals surface area contributed by atoms with Gasteiger partial charge in [0, 0.05) is 34.5 Å². The lowest BCUT2D eigenvalue weighted by molar-refractivity contribution is 0.406. The molecule has 0 radical (unpaired) electrons. The van der Waals surface area contributed by atoms with Crippen molar-refractivity contribution in [3.05, 3.63) is 65.1 Å². The molecule has 1 aromatic heterocycles. The van der Waals surface area contributed by atoms with E-state index in [9.17, 15) is 0 Å². The van der Waals surface area contributed by atoms with Crippen LogP contribution in [0.15, 0.2) is 47.0 Å². The number of hydrogen-bond donors (Lipinski definition) is 1. The fraction of sp³-hybridized carbons (Fsp3) is 0.240. The third-order valence-electron chi connectivity index (χ3n) is 5.50. The molecule has 152 valence electrons. The molecule has 0 spiro atoms. The smallest absolute Gasteiger partial charge is 0.163 e. The first-order valence-corrected chi connectivity index (χ1v) is 10.0. The molecule has 3 aromatic rings. The average molecular weight is 400 g/mol. The highest BCUT2D eigenvalue weighted by Crippen LogP contribution is 2.51. The summed E-state index contributed by atoms with van der Waals surface area (Å²) in [4.78, 5) is 0. The van der Waals surface area contributed by atoms with Crippen molar-refractivity contribution < 1.29 is 14.0 Å². The van der Waals surface area contributed by atoms with Crippen LogP contribution in [-0.2, 0) is 0 Å². The highest BCUT2D eigenvalue weighted by atomic mass is 16.5. The Bertz CT molecular complexity index is 1230. The van der Waals surface area contributed by atoms with Crippen molar-refractivity contribution in [3.63, 3.8) is 0 Å². The van der Waals surface area contributed by atoms with Crippen LogP contribution in [-0.4, -0.2) is 17.8 Å². The normalized spacial score (nSPS) is 17.2. The maximum absolute atomic E-state index is 6.42. The van der Waals surface area contributed by atoms with E-state index in [1.165, 1.54) is 5.57 Å². The molecular formula is C25H24N2O3. The molecule has 5 rings (SSSR count). The number of fused-ring (bicyclic) bond motifs is 5. The van der Waals surface area contributed by atoms with Gasteiger partial charge in [0.25, 0.3) is 0 Å². The summed E-state index contributed by atoms with van der Waals surface area (Å²) in [6.07, 6.45) is 4.16. The number of rotatable bonds is 2. The molecule has 3 heterocycles. The summed E-state index contributed by atoms with van der Waals surface area (Å²) >= 11 is 0. The van der Waals surface area contributed by atoms with Crippen molar-refractivity contribution >= 4 is 23.1 Å². The Balaban J connectivity index is 1.82. The van der Waals surface area contributed by atoms with Gasteiger partial charge in [-0.15, -0.1) is 0 Å². The number of anilines is 1. The predicted molar refractivity (Wildman–Crippen MR) is 120 cm³/mol. The van der Waals surface area contributed by atoms with Gasteiger partial charge in [-0.1, -0.05) is 23.4 Å². The third kappa shape index (κ3) is 2.89. The van der Waals surface area contributed by atoms with Crippen LogP contribution < -0.4 is 14.8 Å². The standard InChI is InChI=1S/C25H24N2O3/c1-14-13-25(3,4)26-18-10-9-17-23-19(28-5)7-6-8-20(23)29-21(24(17)22(14)18)12-16-11-15(2)27-30-16/h6-13,26H,1-5H3/b21-12+. The van der Waals surface area contributed by atoms with E-state index < -0.39 is 0 Å². The zero-order valence-corrected chi connectivity index (χ0v) is 17.8. The highest BCUT2D eigenvalue weighted by molar-refractivity contribution is 6.01.